The maximum absolute atomic E-state index is 2.44. The molecule has 1 aromatic heterocycles. The Morgan fingerprint density at radius 2 is 0.746 bits per heavy atom. The van der Waals surface area contributed by atoms with Crippen molar-refractivity contribution < 1.29 is 0 Å². The Morgan fingerprint density at radius 1 is 0.339 bits per heavy atom. The number of nitrogens with zero attached hydrogens (tertiary/aromatic N) is 2. The van der Waals surface area contributed by atoms with E-state index in [-0.39, 0.29) is 5.41 Å². The molecule has 0 fully saturated rings. The Hall–Kier alpha value is -7.42. The molecule has 0 N–H and O–H groups in total. The number of rotatable bonds is 9. The average molecular weight is 757 g/mol. The highest BCUT2D eigenvalue weighted by molar-refractivity contribution is 6.14. The van der Waals surface area contributed by atoms with E-state index in [0.717, 1.165) is 28.3 Å². The summed E-state index contributed by atoms with van der Waals surface area (Å²) >= 11 is 0. The second kappa shape index (κ2) is 15.2. The van der Waals surface area contributed by atoms with Crippen LogP contribution in [0.25, 0.3) is 60.9 Å². The normalized spacial score (nSPS) is 11.6. The van der Waals surface area contributed by atoms with Gasteiger partial charge in [-0.3, -0.25) is 0 Å². The number of fused-ring (bicyclic) bond motifs is 3. The van der Waals surface area contributed by atoms with Crippen molar-refractivity contribution >= 4 is 38.9 Å². The van der Waals surface area contributed by atoms with Gasteiger partial charge in [-0.2, -0.15) is 0 Å². The van der Waals surface area contributed by atoms with Crippen LogP contribution < -0.4 is 4.90 Å². The number of anilines is 3. The summed E-state index contributed by atoms with van der Waals surface area (Å²) in [5.41, 5.74) is 16.5. The molecule has 0 aliphatic rings. The summed E-state index contributed by atoms with van der Waals surface area (Å²) in [6.45, 7) is 4.60. The van der Waals surface area contributed by atoms with Gasteiger partial charge in [-0.05, 0) is 93.0 Å². The van der Waals surface area contributed by atoms with E-state index in [1.807, 2.05) is 0 Å². The van der Waals surface area contributed by atoms with Crippen LogP contribution in [-0.2, 0) is 5.41 Å². The van der Waals surface area contributed by atoms with Crippen molar-refractivity contribution in [3.05, 3.63) is 242 Å². The fourth-order valence-electron chi connectivity index (χ4n) is 8.65. The van der Waals surface area contributed by atoms with Gasteiger partial charge in [0.2, 0.25) is 0 Å². The molecule has 0 amide bonds. The highest BCUT2D eigenvalue weighted by Crippen LogP contribution is 2.44. The molecule has 1 heterocycles. The molecule has 0 aliphatic carbocycles. The molecule has 0 saturated heterocycles. The van der Waals surface area contributed by atoms with Gasteiger partial charge in [0.15, 0.2) is 0 Å². The van der Waals surface area contributed by atoms with E-state index in [2.05, 4.69) is 254 Å². The smallest absolute Gasteiger partial charge is 0.0782 e. The van der Waals surface area contributed by atoms with Crippen LogP contribution in [0.1, 0.15) is 25.0 Å². The van der Waals surface area contributed by atoms with Gasteiger partial charge in [0.05, 0.1) is 16.7 Å². The van der Waals surface area contributed by atoms with E-state index in [0.29, 0.717) is 0 Å². The second-order valence-corrected chi connectivity index (χ2v) is 15.8. The topological polar surface area (TPSA) is 8.17 Å². The van der Waals surface area contributed by atoms with Crippen LogP contribution in [0.4, 0.5) is 17.1 Å². The van der Waals surface area contributed by atoms with Gasteiger partial charge in [-0.25, -0.2) is 0 Å². The molecule has 10 aromatic rings. The van der Waals surface area contributed by atoms with Crippen LogP contribution in [0.15, 0.2) is 231 Å². The van der Waals surface area contributed by atoms with Crippen LogP contribution in [0, 0.1) is 0 Å². The number of para-hydroxylation sites is 2. The minimum absolute atomic E-state index is 0.0837. The standard InChI is InChI=1S/C57H44N2/c1-57(2,47-19-10-5-11-20-47)48-33-25-43(26-34-48)46-31-39-51(40-32-46)59-54-23-13-12-21-52(54)53-22-14-24-55(56(53)59)58(49-35-27-44(28-36-49)41-15-6-3-7-16-41)50-37-29-45(30-38-50)42-17-8-4-9-18-42/h3-40H,1-2H3. The number of benzene rings is 9. The van der Waals surface area contributed by atoms with Gasteiger partial charge in [0, 0.05) is 33.2 Å². The lowest BCUT2D eigenvalue weighted by molar-refractivity contribution is 0.641. The zero-order valence-corrected chi connectivity index (χ0v) is 33.3. The zero-order valence-electron chi connectivity index (χ0n) is 33.3. The molecule has 2 nitrogen and oxygen atoms in total. The summed E-state index contributed by atoms with van der Waals surface area (Å²) in [6.07, 6.45) is 0. The van der Waals surface area contributed by atoms with Gasteiger partial charge in [-0.1, -0.05) is 196 Å². The van der Waals surface area contributed by atoms with Crippen molar-refractivity contribution in [2.75, 3.05) is 4.90 Å². The highest BCUT2D eigenvalue weighted by Gasteiger charge is 2.24. The lowest BCUT2D eigenvalue weighted by atomic mass is 9.78. The quantitative estimate of drug-likeness (QED) is 0.142. The number of hydrogen-bond donors (Lipinski definition) is 0. The third kappa shape index (κ3) is 6.69. The van der Waals surface area contributed by atoms with Crippen LogP contribution in [0.2, 0.25) is 0 Å². The molecular weight excluding hydrogens is 713 g/mol. The van der Waals surface area contributed by atoms with E-state index in [9.17, 15) is 0 Å². The fraction of sp³-hybridized carbons (Fsp3) is 0.0526. The third-order valence-electron chi connectivity index (χ3n) is 11.9. The van der Waals surface area contributed by atoms with Gasteiger partial charge < -0.3 is 9.47 Å². The minimum atomic E-state index is -0.0837. The summed E-state index contributed by atoms with van der Waals surface area (Å²) < 4.78 is 2.44. The Balaban J connectivity index is 1.09. The molecule has 0 unspecified atom stereocenters. The maximum Gasteiger partial charge on any atom is 0.0782 e. The molecule has 0 radical (unpaired) electrons. The van der Waals surface area contributed by atoms with Crippen molar-refractivity contribution in [3.8, 4) is 39.1 Å². The molecule has 282 valence electrons. The summed E-state index contributed by atoms with van der Waals surface area (Å²) in [5, 5.41) is 2.44. The number of hydrogen-bond acceptors (Lipinski definition) is 1. The zero-order chi connectivity index (χ0) is 39.8. The van der Waals surface area contributed by atoms with E-state index < -0.39 is 0 Å². The molecular formula is C57H44N2. The first-order chi connectivity index (χ1) is 29.0. The van der Waals surface area contributed by atoms with E-state index >= 15 is 0 Å². The first-order valence-electron chi connectivity index (χ1n) is 20.4. The van der Waals surface area contributed by atoms with E-state index in [1.54, 1.807) is 0 Å². The highest BCUT2D eigenvalue weighted by atomic mass is 15.2. The lowest BCUT2D eigenvalue weighted by Gasteiger charge is -2.27. The SMILES string of the molecule is CC(C)(c1ccccc1)c1ccc(-c2ccc(-n3c4ccccc4c4cccc(N(c5ccc(-c6ccccc6)cc5)c5ccc(-c6ccccc6)cc5)c43)cc2)cc1. The van der Waals surface area contributed by atoms with E-state index in [4.69, 9.17) is 0 Å². The first kappa shape index (κ1) is 36.0. The van der Waals surface area contributed by atoms with E-state index in [1.165, 1.54) is 60.8 Å². The second-order valence-electron chi connectivity index (χ2n) is 15.8. The van der Waals surface area contributed by atoms with Crippen molar-refractivity contribution in [1.82, 2.24) is 4.57 Å². The van der Waals surface area contributed by atoms with Crippen molar-refractivity contribution in [2.24, 2.45) is 0 Å². The molecule has 2 heteroatoms. The molecule has 10 rings (SSSR count). The Labute approximate surface area is 346 Å². The Bertz CT molecular complexity index is 2920. The van der Waals surface area contributed by atoms with Crippen LogP contribution in [-0.4, -0.2) is 4.57 Å². The first-order valence-corrected chi connectivity index (χ1v) is 20.4. The molecule has 0 bridgehead atoms. The van der Waals surface area contributed by atoms with Gasteiger partial charge in [0.25, 0.3) is 0 Å². The van der Waals surface area contributed by atoms with Gasteiger partial charge >= 0.3 is 0 Å². The summed E-state index contributed by atoms with van der Waals surface area (Å²) in [6, 6.07) is 83.6. The largest absolute Gasteiger partial charge is 0.308 e. The summed E-state index contributed by atoms with van der Waals surface area (Å²) in [5.74, 6) is 0. The molecule has 0 aliphatic heterocycles. The molecule has 0 atom stereocenters. The van der Waals surface area contributed by atoms with Crippen LogP contribution in [0.3, 0.4) is 0 Å². The predicted octanol–water partition coefficient (Wildman–Crippen LogP) is 15.6. The van der Waals surface area contributed by atoms with Crippen LogP contribution in [0.5, 0.6) is 0 Å². The molecule has 0 saturated carbocycles. The average Bonchev–Trinajstić information content (AvgIpc) is 3.66. The number of aromatic nitrogens is 1. The van der Waals surface area contributed by atoms with Gasteiger partial charge in [-0.15, -0.1) is 0 Å². The van der Waals surface area contributed by atoms with Gasteiger partial charge in [0.1, 0.15) is 0 Å². The molecule has 0 spiro atoms. The maximum atomic E-state index is 2.44. The summed E-state index contributed by atoms with van der Waals surface area (Å²) in [4.78, 5) is 2.41. The molecule has 9 aromatic carbocycles. The van der Waals surface area contributed by atoms with Crippen molar-refractivity contribution in [2.45, 2.75) is 19.3 Å². The Morgan fingerprint density at radius 3 is 1.29 bits per heavy atom. The van der Waals surface area contributed by atoms with Crippen molar-refractivity contribution in [1.29, 1.82) is 0 Å². The van der Waals surface area contributed by atoms with Crippen molar-refractivity contribution in [3.63, 3.8) is 0 Å². The lowest BCUT2D eigenvalue weighted by Crippen LogP contribution is -2.18. The Kier molecular flexibility index (Phi) is 9.24. The third-order valence-corrected chi connectivity index (χ3v) is 11.9. The minimum Gasteiger partial charge on any atom is -0.308 e. The fourth-order valence-corrected chi connectivity index (χ4v) is 8.65. The monoisotopic (exact) mass is 756 g/mol. The summed E-state index contributed by atoms with van der Waals surface area (Å²) in [7, 11) is 0. The molecule has 59 heavy (non-hydrogen) atoms. The predicted molar refractivity (Wildman–Crippen MR) is 250 cm³/mol. The van der Waals surface area contributed by atoms with Crippen LogP contribution >= 0.6 is 0 Å².